The summed E-state index contributed by atoms with van der Waals surface area (Å²) in [4.78, 5) is 39.5. The SMILES string of the molecule is O=C(CN1C[C@H](C(=O)N2CCOCC2)Oc2ccccc21)Nc1cccc([N+](=O)[O-])c1. The number of carbonyl (C=O) groups excluding carboxylic acids is 2. The van der Waals surface area contributed by atoms with Crippen LogP contribution < -0.4 is 15.0 Å². The van der Waals surface area contributed by atoms with Gasteiger partial charge in [0.2, 0.25) is 5.91 Å². The molecule has 1 N–H and O–H groups in total. The van der Waals surface area contributed by atoms with E-state index in [1.165, 1.54) is 18.2 Å². The summed E-state index contributed by atoms with van der Waals surface area (Å²) in [7, 11) is 0. The summed E-state index contributed by atoms with van der Waals surface area (Å²) < 4.78 is 11.2. The summed E-state index contributed by atoms with van der Waals surface area (Å²) in [5, 5.41) is 13.6. The van der Waals surface area contributed by atoms with Crippen molar-refractivity contribution < 1.29 is 24.0 Å². The van der Waals surface area contributed by atoms with E-state index in [9.17, 15) is 19.7 Å². The van der Waals surface area contributed by atoms with Gasteiger partial charge in [-0.3, -0.25) is 19.7 Å². The molecular formula is C21H22N4O6. The van der Waals surface area contributed by atoms with Crippen LogP contribution in [0.15, 0.2) is 48.5 Å². The van der Waals surface area contributed by atoms with Gasteiger partial charge in [-0.15, -0.1) is 0 Å². The van der Waals surface area contributed by atoms with E-state index in [0.29, 0.717) is 43.4 Å². The zero-order chi connectivity index (χ0) is 21.8. The first-order valence-electron chi connectivity index (χ1n) is 9.93. The number of rotatable bonds is 5. The molecule has 31 heavy (non-hydrogen) atoms. The van der Waals surface area contributed by atoms with Crippen LogP contribution in [-0.4, -0.2) is 67.1 Å². The van der Waals surface area contributed by atoms with Crippen molar-refractivity contribution in [1.29, 1.82) is 0 Å². The Balaban J connectivity index is 1.48. The van der Waals surface area contributed by atoms with Gasteiger partial charge in [-0.05, 0) is 18.2 Å². The van der Waals surface area contributed by atoms with Crippen LogP contribution in [0.1, 0.15) is 0 Å². The molecule has 10 nitrogen and oxygen atoms in total. The van der Waals surface area contributed by atoms with Crippen LogP contribution in [0.25, 0.3) is 0 Å². The Kier molecular flexibility index (Phi) is 5.99. The topological polar surface area (TPSA) is 114 Å². The molecule has 1 fully saturated rings. The predicted molar refractivity (Wildman–Crippen MR) is 112 cm³/mol. The summed E-state index contributed by atoms with van der Waals surface area (Å²) >= 11 is 0. The molecule has 1 atom stereocenters. The number of nitrogens with zero attached hydrogens (tertiary/aromatic N) is 3. The van der Waals surface area contributed by atoms with Crippen molar-refractivity contribution in [2.24, 2.45) is 0 Å². The van der Waals surface area contributed by atoms with Crippen molar-refractivity contribution in [2.75, 3.05) is 49.6 Å². The highest BCUT2D eigenvalue weighted by molar-refractivity contribution is 5.95. The number of carbonyl (C=O) groups is 2. The minimum atomic E-state index is -0.737. The number of amides is 2. The normalized spacial score (nSPS) is 18.0. The number of nitro groups is 1. The smallest absolute Gasteiger partial charge is 0.271 e. The lowest BCUT2D eigenvalue weighted by Gasteiger charge is -2.38. The maximum atomic E-state index is 12.9. The molecule has 10 heteroatoms. The van der Waals surface area contributed by atoms with E-state index < -0.39 is 11.0 Å². The van der Waals surface area contributed by atoms with Gasteiger partial charge in [0.25, 0.3) is 11.6 Å². The maximum absolute atomic E-state index is 12.9. The van der Waals surface area contributed by atoms with Crippen molar-refractivity contribution in [3.63, 3.8) is 0 Å². The lowest BCUT2D eigenvalue weighted by Crippen LogP contribution is -2.53. The molecule has 4 rings (SSSR count). The zero-order valence-corrected chi connectivity index (χ0v) is 16.7. The second kappa shape index (κ2) is 9.00. The van der Waals surface area contributed by atoms with Crippen molar-refractivity contribution in [3.8, 4) is 5.75 Å². The number of anilines is 2. The van der Waals surface area contributed by atoms with Crippen LogP contribution in [-0.2, 0) is 14.3 Å². The minimum absolute atomic E-state index is 0.0318. The number of para-hydroxylation sites is 2. The van der Waals surface area contributed by atoms with E-state index in [2.05, 4.69) is 5.32 Å². The second-order valence-corrected chi connectivity index (χ2v) is 7.25. The van der Waals surface area contributed by atoms with Gasteiger partial charge in [-0.1, -0.05) is 18.2 Å². The van der Waals surface area contributed by atoms with E-state index in [0.717, 1.165) is 0 Å². The standard InChI is InChI=1S/C21H22N4O6/c26-20(22-15-4-3-5-16(12-15)25(28)29)14-24-13-19(21(27)23-8-10-30-11-9-23)31-18-7-2-1-6-17(18)24/h1-7,12,19H,8-11,13-14H2,(H,22,26)/t19-/m1/s1. The van der Waals surface area contributed by atoms with Gasteiger partial charge in [-0.25, -0.2) is 0 Å². The molecule has 2 heterocycles. The Morgan fingerprint density at radius 3 is 2.68 bits per heavy atom. The summed E-state index contributed by atoms with van der Waals surface area (Å²) in [6.07, 6.45) is -0.737. The zero-order valence-electron chi connectivity index (χ0n) is 16.7. The fraction of sp³-hybridized carbons (Fsp3) is 0.333. The number of hydrogen-bond donors (Lipinski definition) is 1. The largest absolute Gasteiger partial charge is 0.477 e. The van der Waals surface area contributed by atoms with E-state index in [1.807, 2.05) is 18.2 Å². The number of benzene rings is 2. The molecule has 0 bridgehead atoms. The fourth-order valence-electron chi connectivity index (χ4n) is 3.64. The molecule has 2 aromatic rings. The van der Waals surface area contributed by atoms with Gasteiger partial charge in [0.05, 0.1) is 36.9 Å². The van der Waals surface area contributed by atoms with Crippen LogP contribution in [0.2, 0.25) is 0 Å². The molecule has 0 spiro atoms. The Hall–Kier alpha value is -3.66. The lowest BCUT2D eigenvalue weighted by molar-refractivity contribution is -0.384. The number of nitro benzene ring substituents is 1. The van der Waals surface area contributed by atoms with E-state index in [1.54, 1.807) is 21.9 Å². The quantitative estimate of drug-likeness (QED) is 0.571. The predicted octanol–water partition coefficient (Wildman–Crippen LogP) is 1.66. The first kappa shape index (κ1) is 20.6. The lowest BCUT2D eigenvalue weighted by atomic mass is 10.1. The number of hydrogen-bond acceptors (Lipinski definition) is 7. The van der Waals surface area contributed by atoms with Gasteiger partial charge in [0.1, 0.15) is 5.75 Å². The molecular weight excluding hydrogens is 404 g/mol. The Morgan fingerprint density at radius 2 is 1.90 bits per heavy atom. The van der Waals surface area contributed by atoms with Crippen LogP contribution in [0, 0.1) is 10.1 Å². The first-order valence-corrected chi connectivity index (χ1v) is 9.93. The van der Waals surface area contributed by atoms with Gasteiger partial charge in [-0.2, -0.15) is 0 Å². The van der Waals surface area contributed by atoms with Crippen molar-refractivity contribution in [3.05, 3.63) is 58.6 Å². The van der Waals surface area contributed by atoms with Gasteiger partial charge in [0, 0.05) is 30.9 Å². The van der Waals surface area contributed by atoms with Crippen LogP contribution in [0.3, 0.4) is 0 Å². The van der Waals surface area contributed by atoms with E-state index in [4.69, 9.17) is 9.47 Å². The number of morpholine rings is 1. The maximum Gasteiger partial charge on any atom is 0.271 e. The summed E-state index contributed by atoms with van der Waals surface area (Å²) in [5.41, 5.74) is 0.940. The number of non-ortho nitro benzene ring substituents is 1. The Labute approximate surface area is 178 Å². The molecule has 2 aromatic carbocycles. The van der Waals surface area contributed by atoms with E-state index in [-0.39, 0.29) is 30.6 Å². The van der Waals surface area contributed by atoms with Crippen LogP contribution >= 0.6 is 0 Å². The third-order valence-corrected chi connectivity index (χ3v) is 5.13. The summed E-state index contributed by atoms with van der Waals surface area (Å²) in [6.45, 7) is 2.18. The molecule has 1 saturated heterocycles. The molecule has 2 aliphatic heterocycles. The molecule has 2 amide bonds. The van der Waals surface area contributed by atoms with Crippen molar-refractivity contribution in [2.45, 2.75) is 6.10 Å². The molecule has 0 saturated carbocycles. The van der Waals surface area contributed by atoms with Crippen molar-refractivity contribution >= 4 is 28.9 Å². The summed E-state index contributed by atoms with van der Waals surface area (Å²) in [5.74, 6) is 0.0418. The first-order chi connectivity index (χ1) is 15.0. The second-order valence-electron chi connectivity index (χ2n) is 7.25. The fourth-order valence-corrected chi connectivity index (χ4v) is 3.64. The third-order valence-electron chi connectivity index (χ3n) is 5.13. The highest BCUT2D eigenvalue weighted by Crippen LogP contribution is 2.33. The summed E-state index contributed by atoms with van der Waals surface area (Å²) in [6, 6.07) is 13.0. The molecule has 0 unspecified atom stereocenters. The number of nitrogens with one attached hydrogen (secondary N) is 1. The number of ether oxygens (including phenoxy) is 2. The molecule has 0 aromatic heterocycles. The van der Waals surface area contributed by atoms with Crippen molar-refractivity contribution in [1.82, 2.24) is 4.90 Å². The number of fused-ring (bicyclic) bond motifs is 1. The monoisotopic (exact) mass is 426 g/mol. The van der Waals surface area contributed by atoms with Crippen LogP contribution in [0.4, 0.5) is 17.1 Å². The average Bonchev–Trinajstić information content (AvgIpc) is 2.79. The van der Waals surface area contributed by atoms with Gasteiger partial charge < -0.3 is 24.6 Å². The molecule has 0 aliphatic carbocycles. The van der Waals surface area contributed by atoms with E-state index >= 15 is 0 Å². The molecule has 2 aliphatic rings. The van der Waals surface area contributed by atoms with Crippen LogP contribution in [0.5, 0.6) is 5.75 Å². The Morgan fingerprint density at radius 1 is 1.13 bits per heavy atom. The highest BCUT2D eigenvalue weighted by Gasteiger charge is 2.34. The van der Waals surface area contributed by atoms with Gasteiger partial charge in [0.15, 0.2) is 6.10 Å². The molecule has 0 radical (unpaired) electrons. The van der Waals surface area contributed by atoms with Gasteiger partial charge >= 0.3 is 0 Å². The molecule has 162 valence electrons. The average molecular weight is 426 g/mol. The third kappa shape index (κ3) is 4.75. The minimum Gasteiger partial charge on any atom is -0.477 e. The highest BCUT2D eigenvalue weighted by atomic mass is 16.6. The Bertz CT molecular complexity index is 991.